The summed E-state index contributed by atoms with van der Waals surface area (Å²) in [6.45, 7) is 12.9. The third kappa shape index (κ3) is 21.2. The Hall–Kier alpha value is -0.730. The number of carbonyl (C=O) groups excluding carboxylic acids is 1. The van der Waals surface area contributed by atoms with Crippen LogP contribution in [-0.4, -0.2) is 77.5 Å². The number of carbonyl (C=O) groups is 1. The zero-order valence-corrected chi connectivity index (χ0v) is 16.4. The first-order valence-electron chi connectivity index (χ1n) is 9.25. The molecule has 7 nitrogen and oxygen atoms in total. The zero-order chi connectivity index (χ0) is 18.8. The van der Waals surface area contributed by atoms with E-state index < -0.39 is 0 Å². The smallest absolute Gasteiger partial charge is 0.220 e. The van der Waals surface area contributed by atoms with Crippen molar-refractivity contribution in [2.75, 3.05) is 59.4 Å². The maximum atomic E-state index is 11.5. The first-order chi connectivity index (χ1) is 12.0. The lowest BCUT2D eigenvalue weighted by Gasteiger charge is -2.09. The lowest BCUT2D eigenvalue weighted by Crippen LogP contribution is -2.27. The van der Waals surface area contributed by atoms with Crippen molar-refractivity contribution in [3.8, 4) is 0 Å². The molecule has 0 bridgehead atoms. The molecule has 150 valence electrons. The molecule has 0 unspecified atom stereocenters. The van der Waals surface area contributed by atoms with Crippen molar-refractivity contribution in [3.05, 3.63) is 0 Å². The van der Waals surface area contributed by atoms with E-state index in [4.69, 9.17) is 23.7 Å². The molecule has 0 spiro atoms. The average molecular weight is 363 g/mol. The number of ether oxygens (including phenoxy) is 5. The molecule has 0 aliphatic heterocycles. The topological polar surface area (TPSA) is 75.3 Å². The molecule has 0 heterocycles. The van der Waals surface area contributed by atoms with E-state index in [1.807, 2.05) is 27.7 Å². The molecule has 1 amide bonds. The van der Waals surface area contributed by atoms with Crippen LogP contribution in [0.1, 0.15) is 40.5 Å². The summed E-state index contributed by atoms with van der Waals surface area (Å²) >= 11 is 0. The molecule has 0 aliphatic rings. The number of hydrogen-bond donors (Lipinski definition) is 1. The highest BCUT2D eigenvalue weighted by Crippen LogP contribution is 1.94. The second-order valence-corrected chi connectivity index (χ2v) is 6.13. The van der Waals surface area contributed by atoms with Crippen molar-refractivity contribution < 1.29 is 28.5 Å². The highest BCUT2D eigenvalue weighted by Gasteiger charge is 2.01. The maximum absolute atomic E-state index is 11.5. The third-order valence-electron chi connectivity index (χ3n) is 2.99. The van der Waals surface area contributed by atoms with E-state index in [-0.39, 0.29) is 18.1 Å². The summed E-state index contributed by atoms with van der Waals surface area (Å²) in [6, 6.07) is 0. The summed E-state index contributed by atoms with van der Waals surface area (Å²) in [6.07, 6.45) is 1.67. The van der Waals surface area contributed by atoms with E-state index in [1.165, 1.54) is 0 Å². The highest BCUT2D eigenvalue weighted by atomic mass is 16.6. The van der Waals surface area contributed by atoms with Gasteiger partial charge in [-0.25, -0.2) is 0 Å². The monoisotopic (exact) mass is 363 g/mol. The van der Waals surface area contributed by atoms with Crippen molar-refractivity contribution in [1.29, 1.82) is 0 Å². The van der Waals surface area contributed by atoms with Gasteiger partial charge in [0.15, 0.2) is 0 Å². The summed E-state index contributed by atoms with van der Waals surface area (Å²) in [5.74, 6) is 0.0331. The van der Waals surface area contributed by atoms with E-state index in [0.717, 1.165) is 6.42 Å². The van der Waals surface area contributed by atoms with Crippen LogP contribution in [0.5, 0.6) is 0 Å². The first kappa shape index (κ1) is 24.3. The van der Waals surface area contributed by atoms with Crippen LogP contribution in [0.15, 0.2) is 0 Å². The van der Waals surface area contributed by atoms with Crippen molar-refractivity contribution in [2.45, 2.75) is 52.7 Å². The summed E-state index contributed by atoms with van der Waals surface area (Å²) in [7, 11) is 0. The molecule has 0 rings (SSSR count). The summed E-state index contributed by atoms with van der Waals surface area (Å²) in [5, 5.41) is 2.82. The van der Waals surface area contributed by atoms with Crippen LogP contribution in [0.4, 0.5) is 0 Å². The van der Waals surface area contributed by atoms with Gasteiger partial charge in [-0.05, 0) is 34.1 Å². The van der Waals surface area contributed by atoms with Crippen LogP contribution in [-0.2, 0) is 28.5 Å². The van der Waals surface area contributed by atoms with Crippen molar-refractivity contribution in [3.63, 3.8) is 0 Å². The lowest BCUT2D eigenvalue weighted by atomic mass is 10.3. The summed E-state index contributed by atoms with van der Waals surface area (Å²) < 4.78 is 26.9. The third-order valence-corrected chi connectivity index (χ3v) is 2.99. The van der Waals surface area contributed by atoms with E-state index in [9.17, 15) is 4.79 Å². The van der Waals surface area contributed by atoms with Crippen molar-refractivity contribution in [1.82, 2.24) is 5.32 Å². The van der Waals surface area contributed by atoms with Gasteiger partial charge in [-0.15, -0.1) is 0 Å². The Labute approximate surface area is 152 Å². The van der Waals surface area contributed by atoms with Crippen molar-refractivity contribution >= 4 is 5.91 Å². The summed E-state index contributed by atoms with van der Waals surface area (Å²) in [4.78, 5) is 11.5. The second kappa shape index (κ2) is 18.1. The van der Waals surface area contributed by atoms with Crippen LogP contribution in [0.3, 0.4) is 0 Å². The van der Waals surface area contributed by atoms with E-state index in [2.05, 4.69) is 5.32 Å². The van der Waals surface area contributed by atoms with Gasteiger partial charge in [-0.3, -0.25) is 4.79 Å². The molecule has 0 fully saturated rings. The Morgan fingerprint density at radius 2 is 1.20 bits per heavy atom. The van der Waals surface area contributed by atoms with Crippen molar-refractivity contribution in [2.24, 2.45) is 0 Å². The quantitative estimate of drug-likeness (QED) is 0.374. The maximum Gasteiger partial charge on any atom is 0.220 e. The molecule has 0 aromatic heterocycles. The predicted molar refractivity (Wildman–Crippen MR) is 96.9 cm³/mol. The number of rotatable bonds is 18. The molecule has 0 atom stereocenters. The van der Waals surface area contributed by atoms with Gasteiger partial charge in [-0.1, -0.05) is 0 Å². The molecule has 0 aromatic rings. The molecule has 0 radical (unpaired) electrons. The Morgan fingerprint density at radius 3 is 1.76 bits per heavy atom. The first-order valence-corrected chi connectivity index (χ1v) is 9.25. The molecule has 1 N–H and O–H groups in total. The molecule has 7 heteroatoms. The molecule has 25 heavy (non-hydrogen) atoms. The van der Waals surface area contributed by atoms with Crippen LogP contribution in [0, 0.1) is 0 Å². The Balaban J connectivity index is 3.14. The Bertz CT molecular complexity index is 299. The van der Waals surface area contributed by atoms with E-state index in [1.54, 1.807) is 0 Å². The normalized spacial score (nSPS) is 11.4. The zero-order valence-electron chi connectivity index (χ0n) is 16.4. The minimum Gasteiger partial charge on any atom is -0.379 e. The average Bonchev–Trinajstić information content (AvgIpc) is 2.55. The van der Waals surface area contributed by atoms with Crippen LogP contribution >= 0.6 is 0 Å². The fraction of sp³-hybridized carbons (Fsp3) is 0.944. The van der Waals surface area contributed by atoms with Gasteiger partial charge in [0.1, 0.15) is 0 Å². The SMILES string of the molecule is CC(C)OCCCC(=O)NCCOCCOCCOCCOC(C)C. The largest absolute Gasteiger partial charge is 0.379 e. The van der Waals surface area contributed by atoms with Gasteiger partial charge in [-0.2, -0.15) is 0 Å². The summed E-state index contributed by atoms with van der Waals surface area (Å²) in [5.41, 5.74) is 0. The van der Waals surface area contributed by atoms with Crippen LogP contribution in [0.25, 0.3) is 0 Å². The minimum absolute atomic E-state index is 0.0331. The highest BCUT2D eigenvalue weighted by molar-refractivity contribution is 5.75. The van der Waals surface area contributed by atoms with Crippen LogP contribution < -0.4 is 5.32 Å². The van der Waals surface area contributed by atoms with Gasteiger partial charge < -0.3 is 29.0 Å². The fourth-order valence-corrected chi connectivity index (χ4v) is 1.79. The minimum atomic E-state index is 0.0331. The molecular formula is C18H37NO6. The number of hydrogen-bond acceptors (Lipinski definition) is 6. The molecule has 0 aromatic carbocycles. The molecular weight excluding hydrogens is 326 g/mol. The Morgan fingerprint density at radius 1 is 0.720 bits per heavy atom. The molecule has 0 saturated carbocycles. The molecule has 0 aliphatic carbocycles. The van der Waals surface area contributed by atoms with Crippen LogP contribution in [0.2, 0.25) is 0 Å². The predicted octanol–water partition coefficient (Wildman–Crippen LogP) is 1.78. The second-order valence-electron chi connectivity index (χ2n) is 6.13. The number of amides is 1. The number of nitrogens with one attached hydrogen (secondary N) is 1. The Kier molecular flexibility index (Phi) is 17.5. The van der Waals surface area contributed by atoms with Gasteiger partial charge >= 0.3 is 0 Å². The fourth-order valence-electron chi connectivity index (χ4n) is 1.79. The molecule has 0 saturated heterocycles. The van der Waals surface area contributed by atoms with E-state index in [0.29, 0.717) is 65.8 Å². The van der Waals surface area contributed by atoms with E-state index >= 15 is 0 Å². The van der Waals surface area contributed by atoms with Gasteiger partial charge in [0.05, 0.1) is 58.5 Å². The lowest BCUT2D eigenvalue weighted by molar-refractivity contribution is -0.121. The van der Waals surface area contributed by atoms with Gasteiger partial charge in [0.2, 0.25) is 5.91 Å². The standard InChI is InChI=1S/C18H37NO6/c1-16(2)24-8-5-6-18(20)19-7-9-21-10-11-22-12-13-23-14-15-25-17(3)4/h16-17H,5-15H2,1-4H3,(H,19,20). The van der Waals surface area contributed by atoms with Gasteiger partial charge in [0.25, 0.3) is 0 Å². The van der Waals surface area contributed by atoms with Gasteiger partial charge in [0, 0.05) is 19.6 Å².